The Balaban J connectivity index is 0.00000180. The number of piperidine rings is 1. The Hall–Kier alpha value is -0.0700. The molecular formula is C13H27Cl2N3O2. The lowest BCUT2D eigenvalue weighted by Gasteiger charge is -2.32. The molecule has 0 radical (unpaired) electrons. The molecule has 20 heavy (non-hydrogen) atoms. The van der Waals surface area contributed by atoms with Crippen LogP contribution in [0.4, 0.5) is 0 Å². The first-order valence-corrected chi connectivity index (χ1v) is 6.92. The zero-order valence-electron chi connectivity index (χ0n) is 12.3. The minimum atomic E-state index is 0. The van der Waals surface area contributed by atoms with Crippen molar-refractivity contribution >= 4 is 30.7 Å². The van der Waals surface area contributed by atoms with E-state index in [9.17, 15) is 4.79 Å². The van der Waals surface area contributed by atoms with Gasteiger partial charge in [0.2, 0.25) is 5.91 Å². The Morgan fingerprint density at radius 1 is 1.30 bits per heavy atom. The largest absolute Gasteiger partial charge is 0.380 e. The van der Waals surface area contributed by atoms with E-state index in [1.165, 1.54) is 0 Å². The Labute approximate surface area is 134 Å². The molecule has 120 valence electrons. The van der Waals surface area contributed by atoms with Crippen LogP contribution in [0.15, 0.2) is 0 Å². The molecular weight excluding hydrogens is 301 g/mol. The summed E-state index contributed by atoms with van der Waals surface area (Å²) in [5, 5.41) is 3.35. The summed E-state index contributed by atoms with van der Waals surface area (Å²) in [4.78, 5) is 16.3. The predicted octanol–water partition coefficient (Wildman–Crippen LogP) is 0.761. The molecule has 7 heteroatoms. The van der Waals surface area contributed by atoms with Gasteiger partial charge in [-0.05, 0) is 39.4 Å². The van der Waals surface area contributed by atoms with E-state index in [1.54, 1.807) is 7.11 Å². The summed E-state index contributed by atoms with van der Waals surface area (Å²) in [6.45, 7) is 4.28. The topological polar surface area (TPSA) is 44.8 Å². The quantitative estimate of drug-likeness (QED) is 0.828. The predicted molar refractivity (Wildman–Crippen MR) is 85.0 cm³/mol. The number of halogens is 2. The Morgan fingerprint density at radius 2 is 1.95 bits per heavy atom. The highest BCUT2D eigenvalue weighted by molar-refractivity contribution is 5.85. The highest BCUT2D eigenvalue weighted by Crippen LogP contribution is 2.14. The number of carbonyl (C=O) groups is 1. The van der Waals surface area contributed by atoms with Crippen molar-refractivity contribution < 1.29 is 9.53 Å². The van der Waals surface area contributed by atoms with Gasteiger partial charge in [-0.25, -0.2) is 0 Å². The monoisotopic (exact) mass is 327 g/mol. The summed E-state index contributed by atoms with van der Waals surface area (Å²) in [6, 6.07) is 0.552. The first-order chi connectivity index (χ1) is 8.70. The third-order valence-corrected chi connectivity index (χ3v) is 4.15. The van der Waals surface area contributed by atoms with Gasteiger partial charge < -0.3 is 15.0 Å². The number of likely N-dealkylation sites (N-methyl/N-ethyl adjacent to an activating group) is 1. The number of ether oxygens (including phenoxy) is 1. The van der Waals surface area contributed by atoms with Gasteiger partial charge in [0.1, 0.15) is 0 Å². The van der Waals surface area contributed by atoms with E-state index in [0.29, 0.717) is 12.6 Å². The number of methoxy groups -OCH3 is 1. The first-order valence-electron chi connectivity index (χ1n) is 6.92. The SMILES string of the molecule is COC1CCN(C(=O)CN(C)C2CCNCC2)C1.Cl.Cl. The van der Waals surface area contributed by atoms with Crippen molar-refractivity contribution in [3.63, 3.8) is 0 Å². The number of amides is 1. The molecule has 0 aromatic carbocycles. The lowest BCUT2D eigenvalue weighted by molar-refractivity contribution is -0.132. The van der Waals surface area contributed by atoms with Gasteiger partial charge >= 0.3 is 0 Å². The van der Waals surface area contributed by atoms with E-state index in [4.69, 9.17) is 4.74 Å². The molecule has 1 unspecified atom stereocenters. The van der Waals surface area contributed by atoms with Crippen molar-refractivity contribution in [3.05, 3.63) is 0 Å². The fraction of sp³-hybridized carbons (Fsp3) is 0.923. The van der Waals surface area contributed by atoms with Crippen molar-refractivity contribution in [2.24, 2.45) is 0 Å². The van der Waals surface area contributed by atoms with Crippen molar-refractivity contribution in [1.82, 2.24) is 15.1 Å². The maximum atomic E-state index is 12.2. The van der Waals surface area contributed by atoms with Crippen LogP contribution < -0.4 is 5.32 Å². The minimum Gasteiger partial charge on any atom is -0.380 e. The second-order valence-corrected chi connectivity index (χ2v) is 5.38. The lowest BCUT2D eigenvalue weighted by Crippen LogP contribution is -2.46. The van der Waals surface area contributed by atoms with E-state index in [2.05, 4.69) is 17.3 Å². The summed E-state index contributed by atoms with van der Waals surface area (Å²) in [7, 11) is 3.79. The van der Waals surface area contributed by atoms with Gasteiger partial charge in [0, 0.05) is 26.2 Å². The van der Waals surface area contributed by atoms with E-state index in [1.807, 2.05) is 4.90 Å². The molecule has 0 bridgehead atoms. The van der Waals surface area contributed by atoms with Crippen molar-refractivity contribution in [3.8, 4) is 0 Å². The van der Waals surface area contributed by atoms with E-state index in [0.717, 1.165) is 45.4 Å². The zero-order valence-corrected chi connectivity index (χ0v) is 14.0. The maximum Gasteiger partial charge on any atom is 0.236 e. The molecule has 1 atom stereocenters. The number of nitrogens with one attached hydrogen (secondary N) is 1. The molecule has 0 spiro atoms. The van der Waals surface area contributed by atoms with Crippen molar-refractivity contribution in [1.29, 1.82) is 0 Å². The highest BCUT2D eigenvalue weighted by atomic mass is 35.5. The van der Waals surface area contributed by atoms with Crippen LogP contribution in [0, 0.1) is 0 Å². The summed E-state index contributed by atoms with van der Waals surface area (Å²) in [5.41, 5.74) is 0. The normalized spacial score (nSPS) is 23.4. The van der Waals surface area contributed by atoms with Gasteiger partial charge in [-0.15, -0.1) is 24.8 Å². The molecule has 0 saturated carbocycles. The van der Waals surface area contributed by atoms with Crippen LogP contribution in [0.2, 0.25) is 0 Å². The van der Waals surface area contributed by atoms with Gasteiger partial charge in [0.25, 0.3) is 0 Å². The number of rotatable bonds is 4. The third kappa shape index (κ3) is 5.37. The standard InChI is InChI=1S/C13H25N3O2.2ClH/c1-15(11-3-6-14-7-4-11)10-13(17)16-8-5-12(9-16)18-2;;/h11-12,14H,3-10H2,1-2H3;2*1H. The molecule has 2 saturated heterocycles. The number of likely N-dealkylation sites (tertiary alicyclic amines) is 1. The molecule has 2 aliphatic heterocycles. The number of nitrogens with zero attached hydrogens (tertiary/aromatic N) is 2. The van der Waals surface area contributed by atoms with Crippen LogP contribution in [0.5, 0.6) is 0 Å². The number of hydrogen-bond donors (Lipinski definition) is 1. The van der Waals surface area contributed by atoms with Gasteiger partial charge in [-0.1, -0.05) is 0 Å². The fourth-order valence-electron chi connectivity index (χ4n) is 2.84. The Morgan fingerprint density at radius 3 is 2.50 bits per heavy atom. The number of carbonyl (C=O) groups excluding carboxylic acids is 1. The van der Waals surface area contributed by atoms with Gasteiger partial charge in [0.05, 0.1) is 12.6 Å². The van der Waals surface area contributed by atoms with E-state index in [-0.39, 0.29) is 36.8 Å². The van der Waals surface area contributed by atoms with Crippen LogP contribution in [-0.2, 0) is 9.53 Å². The summed E-state index contributed by atoms with van der Waals surface area (Å²) < 4.78 is 5.30. The van der Waals surface area contributed by atoms with E-state index >= 15 is 0 Å². The molecule has 1 N–H and O–H groups in total. The third-order valence-electron chi connectivity index (χ3n) is 4.15. The van der Waals surface area contributed by atoms with Gasteiger partial charge in [-0.2, -0.15) is 0 Å². The van der Waals surface area contributed by atoms with Gasteiger partial charge in [-0.3, -0.25) is 9.69 Å². The van der Waals surface area contributed by atoms with Crippen LogP contribution in [0.3, 0.4) is 0 Å². The van der Waals surface area contributed by atoms with Crippen LogP contribution in [-0.4, -0.2) is 74.7 Å². The van der Waals surface area contributed by atoms with Crippen LogP contribution >= 0.6 is 24.8 Å². The van der Waals surface area contributed by atoms with Crippen molar-refractivity contribution in [2.45, 2.75) is 31.4 Å². The molecule has 0 aliphatic carbocycles. The van der Waals surface area contributed by atoms with Crippen LogP contribution in [0.25, 0.3) is 0 Å². The van der Waals surface area contributed by atoms with Crippen molar-refractivity contribution in [2.75, 3.05) is 46.9 Å². The van der Waals surface area contributed by atoms with Gasteiger partial charge in [0.15, 0.2) is 0 Å². The summed E-state index contributed by atoms with van der Waals surface area (Å²) in [6.07, 6.45) is 3.49. The molecule has 1 amide bonds. The number of hydrogen-bond acceptors (Lipinski definition) is 4. The smallest absolute Gasteiger partial charge is 0.236 e. The highest BCUT2D eigenvalue weighted by Gasteiger charge is 2.28. The average molecular weight is 328 g/mol. The van der Waals surface area contributed by atoms with E-state index < -0.39 is 0 Å². The fourth-order valence-corrected chi connectivity index (χ4v) is 2.84. The average Bonchev–Trinajstić information content (AvgIpc) is 2.88. The molecule has 5 nitrogen and oxygen atoms in total. The van der Waals surface area contributed by atoms with Crippen LogP contribution in [0.1, 0.15) is 19.3 Å². The second-order valence-electron chi connectivity index (χ2n) is 5.38. The summed E-state index contributed by atoms with van der Waals surface area (Å²) >= 11 is 0. The molecule has 2 aliphatic rings. The first kappa shape index (κ1) is 19.9. The zero-order chi connectivity index (χ0) is 13.0. The molecule has 0 aromatic heterocycles. The molecule has 2 fully saturated rings. The summed E-state index contributed by atoms with van der Waals surface area (Å²) in [5.74, 6) is 0.246. The molecule has 2 rings (SSSR count). The lowest BCUT2D eigenvalue weighted by atomic mass is 10.1. The minimum absolute atomic E-state index is 0. The Bertz CT molecular complexity index is 289. The Kier molecular flexibility index (Phi) is 9.76. The second kappa shape index (κ2) is 9.79. The molecule has 2 heterocycles. The molecule has 0 aromatic rings. The maximum absolute atomic E-state index is 12.2.